The fraction of sp³-hybridized carbons (Fsp3) is 0.562. The molecule has 0 bridgehead atoms. The summed E-state index contributed by atoms with van der Waals surface area (Å²) in [6, 6.07) is 5.10. The molecule has 0 unspecified atom stereocenters. The highest BCUT2D eigenvalue weighted by molar-refractivity contribution is 9.10. The van der Waals surface area contributed by atoms with Gasteiger partial charge in [0, 0.05) is 17.6 Å². The van der Waals surface area contributed by atoms with Crippen molar-refractivity contribution in [3.8, 4) is 0 Å². The molecule has 21 heavy (non-hydrogen) atoms. The molecule has 0 aliphatic heterocycles. The van der Waals surface area contributed by atoms with E-state index in [0.717, 1.165) is 23.2 Å². The van der Waals surface area contributed by atoms with Gasteiger partial charge >= 0.3 is 5.97 Å². The van der Waals surface area contributed by atoms with E-state index in [4.69, 9.17) is 9.84 Å². The van der Waals surface area contributed by atoms with Crippen LogP contribution in [0.5, 0.6) is 0 Å². The van der Waals surface area contributed by atoms with Crippen LogP contribution in [-0.4, -0.2) is 30.3 Å². The van der Waals surface area contributed by atoms with Crippen molar-refractivity contribution in [2.45, 2.75) is 44.8 Å². The van der Waals surface area contributed by atoms with Crippen molar-refractivity contribution >= 4 is 21.9 Å². The molecule has 1 aliphatic rings. The number of hydrogen-bond acceptors (Lipinski definition) is 3. The van der Waals surface area contributed by atoms with Gasteiger partial charge in [0.2, 0.25) is 0 Å². The largest absolute Gasteiger partial charge is 0.478 e. The van der Waals surface area contributed by atoms with Crippen LogP contribution in [0.3, 0.4) is 0 Å². The van der Waals surface area contributed by atoms with E-state index in [9.17, 15) is 4.79 Å². The molecule has 0 radical (unpaired) electrons. The van der Waals surface area contributed by atoms with Gasteiger partial charge in [-0.1, -0.05) is 41.3 Å². The summed E-state index contributed by atoms with van der Waals surface area (Å²) in [7, 11) is 0. The van der Waals surface area contributed by atoms with E-state index in [1.54, 1.807) is 12.1 Å². The molecule has 0 amide bonds. The average Bonchev–Trinajstić information content (AvgIpc) is 2.49. The van der Waals surface area contributed by atoms with Crippen LogP contribution in [-0.2, 0) is 11.3 Å². The Hall–Kier alpha value is -0.910. The van der Waals surface area contributed by atoms with Gasteiger partial charge in [0.15, 0.2) is 0 Å². The predicted octanol–water partition coefficient (Wildman–Crippen LogP) is 3.59. The zero-order valence-corrected chi connectivity index (χ0v) is 13.7. The maximum absolute atomic E-state index is 10.9. The van der Waals surface area contributed by atoms with E-state index in [0.29, 0.717) is 18.2 Å². The number of carbonyl (C=O) groups is 1. The van der Waals surface area contributed by atoms with E-state index in [2.05, 4.69) is 21.2 Å². The third-order valence-electron chi connectivity index (χ3n) is 3.80. The molecule has 116 valence electrons. The summed E-state index contributed by atoms with van der Waals surface area (Å²) in [6.07, 6.45) is 6.77. The van der Waals surface area contributed by atoms with Gasteiger partial charge in [-0.25, -0.2) is 4.79 Å². The lowest BCUT2D eigenvalue weighted by Crippen LogP contribution is -2.24. The fourth-order valence-electron chi connectivity index (χ4n) is 2.58. The van der Waals surface area contributed by atoms with Crippen molar-refractivity contribution in [2.24, 2.45) is 0 Å². The Morgan fingerprint density at radius 3 is 2.76 bits per heavy atom. The van der Waals surface area contributed by atoms with Crippen molar-refractivity contribution in [1.29, 1.82) is 0 Å². The second kappa shape index (κ2) is 8.51. The number of ether oxygens (including phenoxy) is 1. The van der Waals surface area contributed by atoms with Gasteiger partial charge in [-0.05, 0) is 30.5 Å². The maximum atomic E-state index is 10.9. The Morgan fingerprint density at radius 2 is 2.10 bits per heavy atom. The van der Waals surface area contributed by atoms with Crippen molar-refractivity contribution in [3.05, 3.63) is 33.8 Å². The summed E-state index contributed by atoms with van der Waals surface area (Å²) in [5.41, 5.74) is 1.35. The molecule has 1 fully saturated rings. The number of hydrogen-bond donors (Lipinski definition) is 2. The number of nitrogens with one attached hydrogen (secondary N) is 1. The molecule has 0 saturated heterocycles. The van der Waals surface area contributed by atoms with Crippen LogP contribution in [0.25, 0.3) is 0 Å². The number of halogens is 1. The van der Waals surface area contributed by atoms with Crippen LogP contribution in [0, 0.1) is 0 Å². The summed E-state index contributed by atoms with van der Waals surface area (Å²) >= 11 is 3.41. The molecule has 1 aliphatic carbocycles. The predicted molar refractivity (Wildman–Crippen MR) is 85.6 cm³/mol. The first-order chi connectivity index (χ1) is 10.2. The molecule has 1 aromatic rings. The van der Waals surface area contributed by atoms with Crippen LogP contribution >= 0.6 is 15.9 Å². The van der Waals surface area contributed by atoms with Gasteiger partial charge in [0.25, 0.3) is 0 Å². The third-order valence-corrected chi connectivity index (χ3v) is 4.54. The minimum atomic E-state index is -0.906. The molecule has 4 nitrogen and oxygen atoms in total. The lowest BCUT2D eigenvalue weighted by molar-refractivity contribution is 0.0302. The topological polar surface area (TPSA) is 58.6 Å². The summed E-state index contributed by atoms with van der Waals surface area (Å²) < 4.78 is 6.67. The molecule has 0 heterocycles. The Kier molecular flexibility index (Phi) is 6.67. The standard InChI is InChI=1S/C16H22BrNO3/c17-15-10-12(16(19)20)6-7-13(15)11-18-8-9-21-14-4-2-1-3-5-14/h6-7,10,14,18H,1-5,8-9,11H2,(H,19,20). The normalized spacial score (nSPS) is 16.0. The zero-order chi connectivity index (χ0) is 15.1. The molecular weight excluding hydrogens is 334 g/mol. The highest BCUT2D eigenvalue weighted by atomic mass is 79.9. The molecular formula is C16H22BrNO3. The van der Waals surface area contributed by atoms with E-state index >= 15 is 0 Å². The quantitative estimate of drug-likeness (QED) is 0.733. The Bertz CT molecular complexity index is 473. The minimum absolute atomic E-state index is 0.297. The van der Waals surface area contributed by atoms with Crippen LogP contribution in [0.1, 0.15) is 48.0 Å². The molecule has 0 aromatic heterocycles. The zero-order valence-electron chi connectivity index (χ0n) is 12.1. The first-order valence-electron chi connectivity index (χ1n) is 7.51. The molecule has 2 N–H and O–H groups in total. The highest BCUT2D eigenvalue weighted by Crippen LogP contribution is 2.20. The lowest BCUT2D eigenvalue weighted by atomic mass is 9.98. The first-order valence-corrected chi connectivity index (χ1v) is 8.30. The third kappa shape index (κ3) is 5.41. The van der Waals surface area contributed by atoms with Gasteiger partial charge < -0.3 is 15.2 Å². The van der Waals surface area contributed by atoms with Crippen LogP contribution in [0.2, 0.25) is 0 Å². The Balaban J connectivity index is 1.67. The summed E-state index contributed by atoms with van der Waals surface area (Å²) in [6.45, 7) is 2.24. The van der Waals surface area contributed by atoms with Gasteiger partial charge in [0.05, 0.1) is 18.3 Å². The van der Waals surface area contributed by atoms with Crippen LogP contribution in [0.15, 0.2) is 22.7 Å². The second-order valence-corrected chi connectivity index (χ2v) is 6.27. The molecule has 5 heteroatoms. The van der Waals surface area contributed by atoms with Gasteiger partial charge in [-0.15, -0.1) is 0 Å². The Labute approximate surface area is 134 Å². The number of carboxylic acid groups (broad SMARTS) is 1. The molecule has 2 rings (SSSR count). The lowest BCUT2D eigenvalue weighted by Gasteiger charge is -2.22. The van der Waals surface area contributed by atoms with E-state index in [1.807, 2.05) is 6.07 Å². The first kappa shape index (κ1) is 16.5. The van der Waals surface area contributed by atoms with E-state index in [1.165, 1.54) is 32.1 Å². The second-order valence-electron chi connectivity index (χ2n) is 5.42. The van der Waals surface area contributed by atoms with Gasteiger partial charge in [-0.3, -0.25) is 0 Å². The molecule has 0 spiro atoms. The van der Waals surface area contributed by atoms with Crippen molar-refractivity contribution in [2.75, 3.05) is 13.2 Å². The SMILES string of the molecule is O=C(O)c1ccc(CNCCOC2CCCCC2)c(Br)c1. The summed E-state index contributed by atoms with van der Waals surface area (Å²) in [4.78, 5) is 10.9. The summed E-state index contributed by atoms with van der Waals surface area (Å²) in [5, 5.41) is 12.2. The monoisotopic (exact) mass is 355 g/mol. The minimum Gasteiger partial charge on any atom is -0.478 e. The Morgan fingerprint density at radius 1 is 1.33 bits per heavy atom. The molecule has 0 atom stereocenters. The number of carboxylic acids is 1. The highest BCUT2D eigenvalue weighted by Gasteiger charge is 2.13. The average molecular weight is 356 g/mol. The van der Waals surface area contributed by atoms with Crippen LogP contribution in [0.4, 0.5) is 0 Å². The fourth-order valence-corrected chi connectivity index (χ4v) is 3.10. The maximum Gasteiger partial charge on any atom is 0.335 e. The smallest absolute Gasteiger partial charge is 0.335 e. The number of benzene rings is 1. The number of rotatable bonds is 7. The molecule has 1 saturated carbocycles. The van der Waals surface area contributed by atoms with E-state index < -0.39 is 5.97 Å². The van der Waals surface area contributed by atoms with Crippen molar-refractivity contribution in [1.82, 2.24) is 5.32 Å². The van der Waals surface area contributed by atoms with Crippen LogP contribution < -0.4 is 5.32 Å². The number of aromatic carboxylic acids is 1. The van der Waals surface area contributed by atoms with Crippen molar-refractivity contribution in [3.63, 3.8) is 0 Å². The molecule has 1 aromatic carbocycles. The van der Waals surface area contributed by atoms with Crippen molar-refractivity contribution < 1.29 is 14.6 Å². The van der Waals surface area contributed by atoms with E-state index in [-0.39, 0.29) is 0 Å². The van der Waals surface area contributed by atoms with Gasteiger partial charge in [-0.2, -0.15) is 0 Å². The summed E-state index contributed by atoms with van der Waals surface area (Å²) in [5.74, 6) is -0.906. The van der Waals surface area contributed by atoms with Gasteiger partial charge in [0.1, 0.15) is 0 Å².